The van der Waals surface area contributed by atoms with Crippen molar-refractivity contribution in [1.29, 1.82) is 0 Å². The summed E-state index contributed by atoms with van der Waals surface area (Å²) in [6.07, 6.45) is 8.23. The molecule has 2 heterocycles. The quantitative estimate of drug-likeness (QED) is 0.734. The first-order chi connectivity index (χ1) is 8.34. The molecule has 3 nitrogen and oxygen atoms in total. The Morgan fingerprint density at radius 2 is 1.82 bits per heavy atom. The fourth-order valence-electron chi connectivity index (χ4n) is 3.06. The highest BCUT2D eigenvalue weighted by molar-refractivity contribution is 4.74. The van der Waals surface area contributed by atoms with E-state index < -0.39 is 0 Å². The Kier molecular flexibility index (Phi) is 5.75. The molecule has 0 radical (unpaired) electrons. The zero-order valence-electron chi connectivity index (χ0n) is 11.5. The third kappa shape index (κ3) is 4.94. The van der Waals surface area contributed by atoms with E-state index in [1.807, 2.05) is 0 Å². The molecule has 0 aromatic heterocycles. The number of nitrogens with one attached hydrogen (secondary N) is 1. The Labute approximate surface area is 107 Å². The smallest absolute Gasteiger partial charge is 0.00797 e. The highest BCUT2D eigenvalue weighted by Crippen LogP contribution is 2.10. The van der Waals surface area contributed by atoms with E-state index in [0.717, 1.165) is 6.04 Å². The first kappa shape index (κ1) is 13.3. The fourth-order valence-corrected chi connectivity index (χ4v) is 3.06. The van der Waals surface area contributed by atoms with E-state index in [0.29, 0.717) is 0 Å². The van der Waals surface area contributed by atoms with Gasteiger partial charge in [-0.1, -0.05) is 0 Å². The van der Waals surface area contributed by atoms with Crippen molar-refractivity contribution in [3.8, 4) is 0 Å². The second kappa shape index (κ2) is 7.34. The number of hydrogen-bond donors (Lipinski definition) is 1. The molecule has 0 amide bonds. The van der Waals surface area contributed by atoms with Crippen molar-refractivity contribution in [2.75, 3.05) is 46.3 Å². The summed E-state index contributed by atoms with van der Waals surface area (Å²) in [7, 11) is 2.25. The second-order valence-electron chi connectivity index (χ2n) is 5.79. The SMILES string of the molecule is CN1CCCC(NCCCN2CCCC2)CC1. The Morgan fingerprint density at radius 1 is 1.00 bits per heavy atom. The molecule has 0 aliphatic carbocycles. The minimum atomic E-state index is 0.776. The van der Waals surface area contributed by atoms with Crippen molar-refractivity contribution >= 4 is 0 Å². The van der Waals surface area contributed by atoms with Crippen molar-refractivity contribution in [1.82, 2.24) is 15.1 Å². The van der Waals surface area contributed by atoms with Crippen LogP contribution in [0.2, 0.25) is 0 Å². The van der Waals surface area contributed by atoms with Gasteiger partial charge in [-0.15, -0.1) is 0 Å². The molecule has 3 heteroatoms. The molecular formula is C14H29N3. The molecule has 2 saturated heterocycles. The van der Waals surface area contributed by atoms with Crippen molar-refractivity contribution in [3.05, 3.63) is 0 Å². The van der Waals surface area contributed by atoms with E-state index in [1.165, 1.54) is 77.8 Å². The molecule has 0 aromatic carbocycles. The second-order valence-corrected chi connectivity index (χ2v) is 5.79. The summed E-state index contributed by atoms with van der Waals surface area (Å²) in [4.78, 5) is 5.08. The van der Waals surface area contributed by atoms with Crippen LogP contribution >= 0.6 is 0 Å². The van der Waals surface area contributed by atoms with Crippen LogP contribution in [0.5, 0.6) is 0 Å². The highest BCUT2D eigenvalue weighted by atomic mass is 15.1. The lowest BCUT2D eigenvalue weighted by molar-refractivity contribution is 0.322. The first-order valence-corrected chi connectivity index (χ1v) is 7.49. The van der Waals surface area contributed by atoms with Crippen LogP contribution in [-0.2, 0) is 0 Å². The summed E-state index contributed by atoms with van der Waals surface area (Å²) >= 11 is 0. The summed E-state index contributed by atoms with van der Waals surface area (Å²) in [6.45, 7) is 7.75. The normalized spacial score (nSPS) is 28.4. The van der Waals surface area contributed by atoms with Gasteiger partial charge in [0.15, 0.2) is 0 Å². The maximum Gasteiger partial charge on any atom is 0.00797 e. The summed E-state index contributed by atoms with van der Waals surface area (Å²) in [5.74, 6) is 0. The molecule has 0 spiro atoms. The van der Waals surface area contributed by atoms with Crippen LogP contribution < -0.4 is 5.32 Å². The van der Waals surface area contributed by atoms with E-state index in [9.17, 15) is 0 Å². The molecule has 2 rings (SSSR count). The molecule has 1 N–H and O–H groups in total. The van der Waals surface area contributed by atoms with Gasteiger partial charge in [0.05, 0.1) is 0 Å². The van der Waals surface area contributed by atoms with Gasteiger partial charge in [-0.3, -0.25) is 0 Å². The predicted molar refractivity (Wildman–Crippen MR) is 73.4 cm³/mol. The number of likely N-dealkylation sites (tertiary alicyclic amines) is 2. The molecule has 1 unspecified atom stereocenters. The van der Waals surface area contributed by atoms with Gasteiger partial charge in [-0.25, -0.2) is 0 Å². The van der Waals surface area contributed by atoms with E-state index in [-0.39, 0.29) is 0 Å². The number of hydrogen-bond acceptors (Lipinski definition) is 3. The molecular weight excluding hydrogens is 210 g/mol. The standard InChI is InChI=1S/C14H29N3/c1-16-9-4-6-14(7-13-16)15-8-5-12-17-10-2-3-11-17/h14-15H,2-13H2,1H3. The van der Waals surface area contributed by atoms with Gasteiger partial charge in [0, 0.05) is 6.04 Å². The van der Waals surface area contributed by atoms with Gasteiger partial charge < -0.3 is 15.1 Å². The highest BCUT2D eigenvalue weighted by Gasteiger charge is 2.14. The summed E-state index contributed by atoms with van der Waals surface area (Å²) < 4.78 is 0. The van der Waals surface area contributed by atoms with Gasteiger partial charge in [0.25, 0.3) is 0 Å². The van der Waals surface area contributed by atoms with Crippen LogP contribution in [0.3, 0.4) is 0 Å². The minimum Gasteiger partial charge on any atom is -0.314 e. The lowest BCUT2D eigenvalue weighted by Crippen LogP contribution is -2.33. The lowest BCUT2D eigenvalue weighted by atomic mass is 10.1. The van der Waals surface area contributed by atoms with E-state index in [1.54, 1.807) is 0 Å². The monoisotopic (exact) mass is 239 g/mol. The van der Waals surface area contributed by atoms with Crippen LogP contribution in [-0.4, -0.2) is 62.2 Å². The maximum atomic E-state index is 3.75. The summed E-state index contributed by atoms with van der Waals surface area (Å²) in [6, 6.07) is 0.776. The Morgan fingerprint density at radius 3 is 2.65 bits per heavy atom. The molecule has 2 aliphatic heterocycles. The van der Waals surface area contributed by atoms with Gasteiger partial charge in [0.2, 0.25) is 0 Å². The topological polar surface area (TPSA) is 18.5 Å². The van der Waals surface area contributed by atoms with E-state index in [4.69, 9.17) is 0 Å². The molecule has 17 heavy (non-hydrogen) atoms. The van der Waals surface area contributed by atoms with Crippen LogP contribution in [0.15, 0.2) is 0 Å². The molecule has 2 fully saturated rings. The van der Waals surface area contributed by atoms with Crippen LogP contribution in [0, 0.1) is 0 Å². The largest absolute Gasteiger partial charge is 0.314 e. The number of nitrogens with zero attached hydrogens (tertiary/aromatic N) is 2. The zero-order chi connectivity index (χ0) is 11.9. The summed E-state index contributed by atoms with van der Waals surface area (Å²) in [5.41, 5.74) is 0. The Bertz CT molecular complexity index is 202. The number of rotatable bonds is 5. The van der Waals surface area contributed by atoms with Gasteiger partial charge in [-0.2, -0.15) is 0 Å². The minimum absolute atomic E-state index is 0.776. The lowest BCUT2D eigenvalue weighted by Gasteiger charge is -2.18. The van der Waals surface area contributed by atoms with Gasteiger partial charge in [-0.05, 0) is 84.8 Å². The molecule has 100 valence electrons. The van der Waals surface area contributed by atoms with Crippen molar-refractivity contribution in [2.45, 2.75) is 44.6 Å². The van der Waals surface area contributed by atoms with E-state index >= 15 is 0 Å². The maximum absolute atomic E-state index is 3.75. The predicted octanol–water partition coefficient (Wildman–Crippen LogP) is 1.55. The summed E-state index contributed by atoms with van der Waals surface area (Å²) in [5, 5.41) is 3.75. The average Bonchev–Trinajstić information content (AvgIpc) is 2.75. The van der Waals surface area contributed by atoms with Crippen LogP contribution in [0.25, 0.3) is 0 Å². The van der Waals surface area contributed by atoms with Crippen molar-refractivity contribution in [2.24, 2.45) is 0 Å². The van der Waals surface area contributed by atoms with Crippen molar-refractivity contribution < 1.29 is 0 Å². The van der Waals surface area contributed by atoms with Gasteiger partial charge >= 0.3 is 0 Å². The fraction of sp³-hybridized carbons (Fsp3) is 1.00. The third-order valence-corrected chi connectivity index (χ3v) is 4.23. The van der Waals surface area contributed by atoms with Crippen LogP contribution in [0.4, 0.5) is 0 Å². The van der Waals surface area contributed by atoms with Crippen LogP contribution in [0.1, 0.15) is 38.5 Å². The first-order valence-electron chi connectivity index (χ1n) is 7.49. The Balaban J connectivity index is 1.52. The molecule has 2 aliphatic rings. The van der Waals surface area contributed by atoms with Gasteiger partial charge in [0.1, 0.15) is 0 Å². The molecule has 1 atom stereocenters. The van der Waals surface area contributed by atoms with Crippen molar-refractivity contribution in [3.63, 3.8) is 0 Å². The average molecular weight is 239 g/mol. The van der Waals surface area contributed by atoms with E-state index in [2.05, 4.69) is 22.2 Å². The third-order valence-electron chi connectivity index (χ3n) is 4.23. The molecule has 0 saturated carbocycles. The Hall–Kier alpha value is -0.120. The molecule has 0 bridgehead atoms. The zero-order valence-corrected chi connectivity index (χ0v) is 11.5. The molecule has 0 aromatic rings.